The molecule has 0 fully saturated rings. The van der Waals surface area contributed by atoms with E-state index in [0.29, 0.717) is 18.5 Å². The number of carboxylic acids is 1. The highest BCUT2D eigenvalue weighted by molar-refractivity contribution is 6.07. The van der Waals surface area contributed by atoms with Gasteiger partial charge in [0.2, 0.25) is 0 Å². The number of carbonyl (C=O) groups excluding carboxylic acids is 1. The first-order valence-corrected chi connectivity index (χ1v) is 7.33. The molecule has 0 heterocycles. The number of hydrogen-bond acceptors (Lipinski definition) is 4. The van der Waals surface area contributed by atoms with Crippen molar-refractivity contribution in [1.82, 2.24) is 0 Å². The molecule has 1 amide bonds. The van der Waals surface area contributed by atoms with Crippen LogP contribution in [0.3, 0.4) is 0 Å². The molecule has 0 spiro atoms. The first kappa shape index (κ1) is 17.1. The fraction of sp³-hybridized carbons (Fsp3) is 0.176. The maximum absolute atomic E-state index is 12.2. The normalized spacial score (nSPS) is 10.2. The van der Waals surface area contributed by atoms with Gasteiger partial charge in [-0.25, -0.2) is 0 Å². The smallest absolute Gasteiger partial charge is 0.303 e. The molecule has 2 N–H and O–H groups in total. The lowest BCUT2D eigenvalue weighted by Crippen LogP contribution is -2.13. The van der Waals surface area contributed by atoms with Crippen LogP contribution in [0.15, 0.2) is 48.5 Å². The maximum Gasteiger partial charge on any atom is 0.303 e. The number of nitro groups is 1. The van der Waals surface area contributed by atoms with E-state index in [1.165, 1.54) is 18.2 Å². The van der Waals surface area contributed by atoms with Gasteiger partial charge in [-0.3, -0.25) is 19.7 Å². The van der Waals surface area contributed by atoms with Crippen LogP contribution in [0, 0.1) is 10.1 Å². The van der Waals surface area contributed by atoms with Crippen LogP contribution in [0.1, 0.15) is 28.8 Å². The predicted octanol–water partition coefficient (Wildman–Crippen LogP) is 3.25. The molecule has 0 unspecified atom stereocenters. The summed E-state index contributed by atoms with van der Waals surface area (Å²) in [5, 5.41) is 22.2. The number of carbonyl (C=O) groups is 2. The second-order valence-corrected chi connectivity index (χ2v) is 5.17. The molecule has 0 aliphatic heterocycles. The van der Waals surface area contributed by atoms with Crippen LogP contribution < -0.4 is 5.32 Å². The average Bonchev–Trinajstić information content (AvgIpc) is 2.56. The number of anilines is 1. The lowest BCUT2D eigenvalue weighted by atomic mass is 10.1. The summed E-state index contributed by atoms with van der Waals surface area (Å²) in [5.41, 5.74) is 1.22. The average molecular weight is 328 g/mol. The van der Waals surface area contributed by atoms with Gasteiger partial charge in [0.15, 0.2) is 0 Å². The van der Waals surface area contributed by atoms with Crippen molar-refractivity contribution in [3.8, 4) is 0 Å². The van der Waals surface area contributed by atoms with Gasteiger partial charge < -0.3 is 10.4 Å². The summed E-state index contributed by atoms with van der Waals surface area (Å²) in [4.78, 5) is 33.0. The SMILES string of the molecule is O=C(O)CCCc1ccc(NC(=O)c2ccccc2[N+](=O)[O-])cc1. The van der Waals surface area contributed by atoms with Crippen molar-refractivity contribution < 1.29 is 19.6 Å². The van der Waals surface area contributed by atoms with Gasteiger partial charge >= 0.3 is 5.97 Å². The number of nitrogens with zero attached hydrogens (tertiary/aromatic N) is 1. The number of nitrogens with one attached hydrogen (secondary N) is 1. The zero-order valence-corrected chi connectivity index (χ0v) is 12.8. The van der Waals surface area contributed by atoms with Gasteiger partial charge in [0.1, 0.15) is 5.56 Å². The van der Waals surface area contributed by atoms with Crippen LogP contribution in [-0.4, -0.2) is 21.9 Å². The number of nitro benzene ring substituents is 1. The monoisotopic (exact) mass is 328 g/mol. The van der Waals surface area contributed by atoms with Crippen LogP contribution in [0.2, 0.25) is 0 Å². The van der Waals surface area contributed by atoms with Crippen molar-refractivity contribution >= 4 is 23.3 Å². The third-order valence-electron chi connectivity index (χ3n) is 3.41. The molecule has 0 saturated heterocycles. The second kappa shape index (κ2) is 7.87. The van der Waals surface area contributed by atoms with Gasteiger partial charge in [-0.2, -0.15) is 0 Å². The Bertz CT molecular complexity index is 756. The molecule has 0 aliphatic carbocycles. The fourth-order valence-corrected chi connectivity index (χ4v) is 2.22. The standard InChI is InChI=1S/C17H16N2O5/c20-16(21)7-3-4-12-8-10-13(11-9-12)18-17(22)14-5-1-2-6-15(14)19(23)24/h1-2,5-6,8-11H,3-4,7H2,(H,18,22)(H,20,21). The maximum atomic E-state index is 12.2. The van der Waals surface area contributed by atoms with Crippen molar-refractivity contribution in [3.05, 3.63) is 69.8 Å². The first-order chi connectivity index (χ1) is 11.5. The molecule has 0 saturated carbocycles. The number of benzene rings is 2. The van der Waals surface area contributed by atoms with Crippen LogP contribution in [0.4, 0.5) is 11.4 Å². The lowest BCUT2D eigenvalue weighted by molar-refractivity contribution is -0.385. The number of para-hydroxylation sites is 1. The zero-order chi connectivity index (χ0) is 17.5. The Labute approximate surface area is 138 Å². The van der Waals surface area contributed by atoms with Gasteiger partial charge in [0.05, 0.1) is 4.92 Å². The van der Waals surface area contributed by atoms with Crippen LogP contribution in [0.5, 0.6) is 0 Å². The van der Waals surface area contributed by atoms with E-state index in [-0.39, 0.29) is 17.7 Å². The topological polar surface area (TPSA) is 110 Å². The first-order valence-electron chi connectivity index (χ1n) is 7.33. The van der Waals surface area contributed by atoms with Crippen molar-refractivity contribution in [2.45, 2.75) is 19.3 Å². The Hall–Kier alpha value is -3.22. The summed E-state index contributed by atoms with van der Waals surface area (Å²) in [7, 11) is 0. The Balaban J connectivity index is 2.02. The minimum absolute atomic E-state index is 0.00645. The Morgan fingerprint density at radius 2 is 1.75 bits per heavy atom. The largest absolute Gasteiger partial charge is 0.481 e. The van der Waals surface area contributed by atoms with Gasteiger partial charge in [0.25, 0.3) is 11.6 Å². The number of amides is 1. The number of hydrogen-bond donors (Lipinski definition) is 2. The Morgan fingerprint density at radius 1 is 1.08 bits per heavy atom. The number of carboxylic acid groups (broad SMARTS) is 1. The number of aryl methyl sites for hydroxylation is 1. The molecule has 24 heavy (non-hydrogen) atoms. The molecule has 7 heteroatoms. The van der Waals surface area contributed by atoms with Crippen LogP contribution >= 0.6 is 0 Å². The highest BCUT2D eigenvalue weighted by Gasteiger charge is 2.19. The van der Waals surface area contributed by atoms with Gasteiger partial charge in [-0.05, 0) is 36.6 Å². The fourth-order valence-electron chi connectivity index (χ4n) is 2.22. The number of aliphatic carboxylic acids is 1. The molecule has 2 aromatic carbocycles. The van der Waals surface area contributed by atoms with Crippen molar-refractivity contribution in [3.63, 3.8) is 0 Å². The summed E-state index contributed by atoms with van der Waals surface area (Å²) in [6.45, 7) is 0. The second-order valence-electron chi connectivity index (χ2n) is 5.17. The molecule has 0 atom stereocenters. The molecule has 124 valence electrons. The minimum atomic E-state index is -0.830. The number of rotatable bonds is 7. The third-order valence-corrected chi connectivity index (χ3v) is 3.41. The van der Waals surface area contributed by atoms with Gasteiger partial charge in [-0.1, -0.05) is 24.3 Å². The molecule has 2 aromatic rings. The molecule has 7 nitrogen and oxygen atoms in total. The highest BCUT2D eigenvalue weighted by Crippen LogP contribution is 2.20. The van der Waals surface area contributed by atoms with E-state index in [2.05, 4.69) is 5.32 Å². The van der Waals surface area contributed by atoms with E-state index in [4.69, 9.17) is 5.11 Å². The molecular formula is C17H16N2O5. The van der Waals surface area contributed by atoms with Gasteiger partial charge in [0, 0.05) is 18.2 Å². The van der Waals surface area contributed by atoms with E-state index in [0.717, 1.165) is 5.56 Å². The van der Waals surface area contributed by atoms with E-state index < -0.39 is 16.8 Å². The third kappa shape index (κ3) is 4.64. The summed E-state index contributed by atoms with van der Waals surface area (Å²) in [5.74, 6) is -1.38. The van der Waals surface area contributed by atoms with Crippen molar-refractivity contribution in [1.29, 1.82) is 0 Å². The molecule has 2 rings (SSSR count). The summed E-state index contributed by atoms with van der Waals surface area (Å²) in [6, 6.07) is 12.7. The Kier molecular flexibility index (Phi) is 5.62. The minimum Gasteiger partial charge on any atom is -0.481 e. The van der Waals surface area contributed by atoms with Gasteiger partial charge in [-0.15, -0.1) is 0 Å². The van der Waals surface area contributed by atoms with E-state index >= 15 is 0 Å². The van der Waals surface area contributed by atoms with Crippen molar-refractivity contribution in [2.75, 3.05) is 5.32 Å². The summed E-state index contributed by atoms with van der Waals surface area (Å²) in [6.07, 6.45) is 1.28. The molecular weight excluding hydrogens is 312 g/mol. The van der Waals surface area contributed by atoms with Crippen molar-refractivity contribution in [2.24, 2.45) is 0 Å². The van der Waals surface area contributed by atoms with E-state index in [1.54, 1.807) is 30.3 Å². The quantitative estimate of drug-likeness (QED) is 0.599. The van der Waals surface area contributed by atoms with E-state index in [9.17, 15) is 19.7 Å². The molecule has 0 radical (unpaired) electrons. The molecule has 0 bridgehead atoms. The predicted molar refractivity (Wildman–Crippen MR) is 88.1 cm³/mol. The van der Waals surface area contributed by atoms with E-state index in [1.807, 2.05) is 0 Å². The highest BCUT2D eigenvalue weighted by atomic mass is 16.6. The lowest BCUT2D eigenvalue weighted by Gasteiger charge is -2.07. The molecule has 0 aromatic heterocycles. The van der Waals surface area contributed by atoms with Crippen LogP contribution in [-0.2, 0) is 11.2 Å². The Morgan fingerprint density at radius 3 is 2.38 bits per heavy atom. The summed E-state index contributed by atoms with van der Waals surface area (Å²) >= 11 is 0. The zero-order valence-electron chi connectivity index (χ0n) is 12.8. The summed E-state index contributed by atoms with van der Waals surface area (Å²) < 4.78 is 0. The van der Waals surface area contributed by atoms with Crippen LogP contribution in [0.25, 0.3) is 0 Å². The molecule has 0 aliphatic rings.